The van der Waals surface area contributed by atoms with Crippen LogP contribution in [0.1, 0.15) is 54.5 Å². The minimum absolute atomic E-state index is 0.332. The first kappa shape index (κ1) is 22.2. The highest BCUT2D eigenvalue weighted by atomic mass is 16.5. The average Bonchev–Trinajstić information content (AvgIpc) is 2.78. The van der Waals surface area contributed by atoms with Crippen LogP contribution in [0.15, 0.2) is 42.5 Å². The van der Waals surface area contributed by atoms with Crippen LogP contribution in [0.4, 0.5) is 5.69 Å². The Morgan fingerprint density at radius 2 is 1.81 bits per heavy atom. The summed E-state index contributed by atoms with van der Waals surface area (Å²) in [7, 11) is 0. The Morgan fingerprint density at radius 1 is 1.03 bits per heavy atom. The SMILES string of the molecule is CC(C)c1ccc([C@@H]2O[C@H](CO)[C@@H](O)[C@H](O)[C@H]2O)cc1CN1CCCc2ccccc21. The number of hydrogen-bond acceptors (Lipinski definition) is 6. The van der Waals surface area contributed by atoms with Crippen molar-refractivity contribution in [1.29, 1.82) is 0 Å². The molecule has 0 bridgehead atoms. The first-order valence-corrected chi connectivity index (χ1v) is 11.2. The fourth-order valence-electron chi connectivity index (χ4n) is 4.86. The van der Waals surface area contributed by atoms with Crippen molar-refractivity contribution < 1.29 is 25.2 Å². The van der Waals surface area contributed by atoms with E-state index in [1.807, 2.05) is 12.1 Å². The van der Waals surface area contributed by atoms with E-state index in [1.54, 1.807) is 0 Å². The number of aliphatic hydroxyl groups is 4. The molecule has 6 heteroatoms. The summed E-state index contributed by atoms with van der Waals surface area (Å²) in [5.74, 6) is 0.332. The Morgan fingerprint density at radius 3 is 2.55 bits per heavy atom. The van der Waals surface area contributed by atoms with E-state index >= 15 is 0 Å². The summed E-state index contributed by atoms with van der Waals surface area (Å²) in [5.41, 5.74) is 5.76. The van der Waals surface area contributed by atoms with Crippen LogP contribution in [0.25, 0.3) is 0 Å². The van der Waals surface area contributed by atoms with Gasteiger partial charge in [0.25, 0.3) is 0 Å². The van der Waals surface area contributed by atoms with Crippen molar-refractivity contribution in [2.24, 2.45) is 0 Å². The third kappa shape index (κ3) is 4.36. The predicted molar refractivity (Wildman–Crippen MR) is 119 cm³/mol. The molecule has 0 unspecified atom stereocenters. The summed E-state index contributed by atoms with van der Waals surface area (Å²) < 4.78 is 5.79. The molecule has 2 aliphatic rings. The lowest BCUT2D eigenvalue weighted by Crippen LogP contribution is -2.55. The van der Waals surface area contributed by atoms with Crippen LogP contribution in [0.3, 0.4) is 0 Å². The minimum Gasteiger partial charge on any atom is -0.394 e. The maximum atomic E-state index is 10.6. The van der Waals surface area contributed by atoms with E-state index in [9.17, 15) is 20.4 Å². The third-order valence-electron chi connectivity index (χ3n) is 6.58. The lowest BCUT2D eigenvalue weighted by atomic mass is 9.88. The van der Waals surface area contributed by atoms with Crippen LogP contribution in [-0.2, 0) is 17.7 Å². The molecule has 1 saturated heterocycles. The maximum absolute atomic E-state index is 10.6. The molecule has 0 amide bonds. The quantitative estimate of drug-likeness (QED) is 0.585. The number of fused-ring (bicyclic) bond motifs is 1. The van der Waals surface area contributed by atoms with Gasteiger partial charge in [0.1, 0.15) is 30.5 Å². The predicted octanol–water partition coefficient (Wildman–Crippen LogP) is 2.28. The lowest BCUT2D eigenvalue weighted by molar-refractivity contribution is -0.231. The van der Waals surface area contributed by atoms with Gasteiger partial charge >= 0.3 is 0 Å². The Hall–Kier alpha value is -1.96. The zero-order valence-electron chi connectivity index (χ0n) is 18.2. The molecule has 0 aliphatic carbocycles. The van der Waals surface area contributed by atoms with Gasteiger partial charge in [0.2, 0.25) is 0 Å². The first-order valence-electron chi connectivity index (χ1n) is 11.2. The summed E-state index contributed by atoms with van der Waals surface area (Å²) in [5, 5.41) is 40.4. The number of anilines is 1. The number of hydrogen-bond donors (Lipinski definition) is 4. The van der Waals surface area contributed by atoms with Gasteiger partial charge in [-0.25, -0.2) is 0 Å². The van der Waals surface area contributed by atoms with Crippen LogP contribution in [-0.4, -0.2) is 58.0 Å². The molecular formula is C25H33NO5. The fourth-order valence-corrected chi connectivity index (χ4v) is 4.86. The topological polar surface area (TPSA) is 93.4 Å². The maximum Gasteiger partial charge on any atom is 0.113 e. The average molecular weight is 428 g/mol. The van der Waals surface area contributed by atoms with Gasteiger partial charge in [-0.05, 0) is 47.1 Å². The van der Waals surface area contributed by atoms with E-state index in [2.05, 4.69) is 49.1 Å². The summed E-state index contributed by atoms with van der Waals surface area (Å²) in [6.07, 6.45) is -3.52. The molecule has 0 saturated carbocycles. The van der Waals surface area contributed by atoms with Gasteiger partial charge in [-0.15, -0.1) is 0 Å². The number of para-hydroxylation sites is 1. The Labute approximate surface area is 183 Å². The second-order valence-electron chi connectivity index (χ2n) is 9.02. The molecule has 6 nitrogen and oxygen atoms in total. The monoisotopic (exact) mass is 427 g/mol. The summed E-state index contributed by atoms with van der Waals surface area (Å²) in [6.45, 7) is 5.63. The molecule has 168 valence electrons. The van der Waals surface area contributed by atoms with E-state index < -0.39 is 37.1 Å². The van der Waals surface area contributed by atoms with Crippen LogP contribution in [0.5, 0.6) is 0 Å². The third-order valence-corrected chi connectivity index (χ3v) is 6.58. The van der Waals surface area contributed by atoms with Crippen molar-refractivity contribution in [3.05, 3.63) is 64.7 Å². The first-order chi connectivity index (χ1) is 14.9. The molecule has 2 aromatic rings. The smallest absolute Gasteiger partial charge is 0.113 e. The van der Waals surface area contributed by atoms with Crippen molar-refractivity contribution in [3.63, 3.8) is 0 Å². The molecule has 1 fully saturated rings. The molecule has 5 atom stereocenters. The van der Waals surface area contributed by atoms with Crippen LogP contribution < -0.4 is 4.90 Å². The highest BCUT2D eigenvalue weighted by Crippen LogP contribution is 2.35. The summed E-state index contributed by atoms with van der Waals surface area (Å²) in [4.78, 5) is 2.40. The number of ether oxygens (including phenoxy) is 1. The highest BCUT2D eigenvalue weighted by Gasteiger charge is 2.44. The highest BCUT2D eigenvalue weighted by molar-refractivity contribution is 5.56. The second kappa shape index (κ2) is 9.27. The standard InChI is InChI=1S/C25H33NO5/c1-15(2)19-10-9-17(25-24(30)23(29)22(28)21(14-27)31-25)12-18(19)13-26-11-5-7-16-6-3-4-8-20(16)26/h3-4,6,8-10,12,15,21-25,27-30H,5,7,11,13-14H2,1-2H3/t21-,22-,23+,24-,25+/m1/s1. The van der Waals surface area contributed by atoms with E-state index in [0.717, 1.165) is 37.1 Å². The van der Waals surface area contributed by atoms with E-state index in [-0.39, 0.29) is 0 Å². The molecule has 0 aromatic heterocycles. The molecule has 4 rings (SSSR count). The zero-order valence-corrected chi connectivity index (χ0v) is 18.2. The number of rotatable bonds is 5. The van der Waals surface area contributed by atoms with Crippen LogP contribution >= 0.6 is 0 Å². The fraction of sp³-hybridized carbons (Fsp3) is 0.520. The van der Waals surface area contributed by atoms with Crippen molar-refractivity contribution in [3.8, 4) is 0 Å². The van der Waals surface area contributed by atoms with Crippen molar-refractivity contribution in [2.75, 3.05) is 18.1 Å². The largest absolute Gasteiger partial charge is 0.394 e. The van der Waals surface area contributed by atoms with E-state index in [1.165, 1.54) is 16.8 Å². The molecule has 31 heavy (non-hydrogen) atoms. The van der Waals surface area contributed by atoms with Gasteiger partial charge in [-0.2, -0.15) is 0 Å². The molecule has 4 N–H and O–H groups in total. The molecule has 0 spiro atoms. The van der Waals surface area contributed by atoms with E-state index in [0.29, 0.717) is 5.92 Å². The molecule has 2 aliphatic heterocycles. The molecule has 2 heterocycles. The number of nitrogens with zero attached hydrogens (tertiary/aromatic N) is 1. The molecular weight excluding hydrogens is 394 g/mol. The second-order valence-corrected chi connectivity index (χ2v) is 9.02. The van der Waals surface area contributed by atoms with E-state index in [4.69, 9.17) is 4.74 Å². The van der Waals surface area contributed by atoms with Crippen LogP contribution in [0, 0.1) is 0 Å². The van der Waals surface area contributed by atoms with Crippen molar-refractivity contribution in [2.45, 2.75) is 69.7 Å². The zero-order chi connectivity index (χ0) is 22.1. The van der Waals surface area contributed by atoms with Gasteiger partial charge in [0.15, 0.2) is 0 Å². The Kier molecular flexibility index (Phi) is 6.65. The summed E-state index contributed by atoms with van der Waals surface area (Å²) >= 11 is 0. The van der Waals surface area contributed by atoms with Crippen molar-refractivity contribution >= 4 is 5.69 Å². The normalized spacial score (nSPS) is 28.6. The van der Waals surface area contributed by atoms with Gasteiger partial charge in [0.05, 0.1) is 6.61 Å². The van der Waals surface area contributed by atoms with Crippen LogP contribution in [0.2, 0.25) is 0 Å². The number of benzene rings is 2. The van der Waals surface area contributed by atoms with Gasteiger partial charge < -0.3 is 30.1 Å². The summed E-state index contributed by atoms with van der Waals surface area (Å²) in [6, 6.07) is 14.5. The van der Waals surface area contributed by atoms with Gasteiger partial charge in [0, 0.05) is 18.8 Å². The minimum atomic E-state index is -1.38. The Balaban J connectivity index is 1.66. The van der Waals surface area contributed by atoms with Crippen molar-refractivity contribution in [1.82, 2.24) is 0 Å². The number of aliphatic hydroxyl groups excluding tert-OH is 4. The van der Waals surface area contributed by atoms with Gasteiger partial charge in [-0.1, -0.05) is 50.2 Å². The molecule has 2 aromatic carbocycles. The lowest BCUT2D eigenvalue weighted by Gasteiger charge is -2.40. The Bertz CT molecular complexity index is 899. The number of aryl methyl sites for hydroxylation is 1. The molecule has 0 radical (unpaired) electrons. The van der Waals surface area contributed by atoms with Gasteiger partial charge in [-0.3, -0.25) is 0 Å².